The number of allylic oxidation sites excluding steroid dienone is 1. The molecule has 1 aromatic rings. The van der Waals surface area contributed by atoms with Crippen LogP contribution in [0, 0.1) is 10.1 Å². The second-order valence-corrected chi connectivity index (χ2v) is 7.73. The summed E-state index contributed by atoms with van der Waals surface area (Å²) >= 11 is 1.31. The minimum atomic E-state index is -0.930. The number of carbonyl (C=O) groups is 3. The van der Waals surface area contributed by atoms with E-state index in [1.807, 2.05) is 0 Å². The maximum Gasteiger partial charge on any atom is 0.336 e. The summed E-state index contributed by atoms with van der Waals surface area (Å²) < 4.78 is 10.2. The fourth-order valence-electron chi connectivity index (χ4n) is 3.29. The summed E-state index contributed by atoms with van der Waals surface area (Å²) in [5.41, 5.74) is 1.46. The van der Waals surface area contributed by atoms with Gasteiger partial charge in [0.25, 0.3) is 5.69 Å². The number of carbonyl (C=O) groups excluding carboxylic acids is 3. The zero-order valence-electron chi connectivity index (χ0n) is 17.7. The van der Waals surface area contributed by atoms with Crippen LogP contribution >= 0.6 is 11.8 Å². The van der Waals surface area contributed by atoms with Crippen LogP contribution in [-0.4, -0.2) is 47.9 Å². The molecule has 0 saturated heterocycles. The largest absolute Gasteiger partial charge is 0.466 e. The monoisotopic (exact) mass is 448 g/mol. The van der Waals surface area contributed by atoms with E-state index in [-0.39, 0.29) is 40.7 Å². The molecule has 1 atom stereocenters. The Hall–Kier alpha value is -3.14. The number of nitrogens with one attached hydrogen (secondary N) is 1. The SMILES string of the molecule is CCOC(=O)C1=C(CSCC(C)=O)NC(C)=C(C(=O)OC)C1c1cccc([N+](=O)[O-])c1. The number of ketones is 1. The van der Waals surface area contributed by atoms with Gasteiger partial charge in [-0.3, -0.25) is 14.9 Å². The Balaban J connectivity index is 2.70. The first-order valence-corrected chi connectivity index (χ1v) is 10.6. The van der Waals surface area contributed by atoms with E-state index >= 15 is 0 Å². The Kier molecular flexibility index (Phi) is 8.38. The molecule has 1 aliphatic rings. The van der Waals surface area contributed by atoms with Crippen molar-refractivity contribution in [1.29, 1.82) is 0 Å². The molecule has 1 heterocycles. The van der Waals surface area contributed by atoms with Crippen LogP contribution in [0.3, 0.4) is 0 Å². The van der Waals surface area contributed by atoms with Crippen molar-refractivity contribution < 1.29 is 28.8 Å². The van der Waals surface area contributed by atoms with Crippen molar-refractivity contribution in [3.8, 4) is 0 Å². The Morgan fingerprint density at radius 1 is 1.23 bits per heavy atom. The molecule has 1 N–H and O–H groups in total. The van der Waals surface area contributed by atoms with Gasteiger partial charge in [0.15, 0.2) is 0 Å². The van der Waals surface area contributed by atoms with Crippen molar-refractivity contribution in [2.75, 3.05) is 25.2 Å². The number of thioether (sulfide) groups is 1. The molecule has 31 heavy (non-hydrogen) atoms. The first-order valence-electron chi connectivity index (χ1n) is 9.49. The van der Waals surface area contributed by atoms with Gasteiger partial charge in [-0.1, -0.05) is 12.1 Å². The summed E-state index contributed by atoms with van der Waals surface area (Å²) in [6, 6.07) is 5.76. The third-order valence-corrected chi connectivity index (χ3v) is 5.62. The molecular weight excluding hydrogens is 424 g/mol. The molecule has 0 aliphatic carbocycles. The number of Topliss-reactive ketones (excluding diaryl/α,β-unsaturated/α-hetero) is 1. The number of dihydropyridines is 1. The highest BCUT2D eigenvalue weighted by Gasteiger charge is 2.39. The van der Waals surface area contributed by atoms with E-state index in [4.69, 9.17) is 9.47 Å². The Morgan fingerprint density at radius 2 is 1.94 bits per heavy atom. The number of hydrogen-bond donors (Lipinski definition) is 1. The van der Waals surface area contributed by atoms with E-state index in [2.05, 4.69) is 5.32 Å². The van der Waals surface area contributed by atoms with Gasteiger partial charge in [-0.2, -0.15) is 0 Å². The van der Waals surface area contributed by atoms with E-state index in [1.165, 1.54) is 44.0 Å². The summed E-state index contributed by atoms with van der Waals surface area (Å²) in [4.78, 5) is 47.7. The van der Waals surface area contributed by atoms with Crippen molar-refractivity contribution in [1.82, 2.24) is 5.32 Å². The summed E-state index contributed by atoms with van der Waals surface area (Å²) in [6.45, 7) is 4.89. The van der Waals surface area contributed by atoms with Crippen LogP contribution in [0.25, 0.3) is 0 Å². The fourth-order valence-corrected chi connectivity index (χ4v) is 4.11. The standard InChI is InChI=1S/C21H24N2O7S/c1-5-30-21(26)19-16(11-31-10-12(2)24)22-13(3)17(20(25)29-4)18(19)14-7-6-8-15(9-14)23(27)28/h6-9,18,22H,5,10-11H2,1-4H3. The highest BCUT2D eigenvalue weighted by Crippen LogP contribution is 2.40. The maximum absolute atomic E-state index is 13.0. The Morgan fingerprint density at radius 3 is 2.52 bits per heavy atom. The minimum Gasteiger partial charge on any atom is -0.466 e. The van der Waals surface area contributed by atoms with E-state index < -0.39 is 22.8 Å². The second kappa shape index (κ2) is 10.8. The van der Waals surface area contributed by atoms with Crippen LogP contribution in [0.5, 0.6) is 0 Å². The highest BCUT2D eigenvalue weighted by molar-refractivity contribution is 8.00. The molecule has 0 aromatic heterocycles. The predicted octanol–water partition coefficient (Wildman–Crippen LogP) is 2.87. The van der Waals surface area contributed by atoms with E-state index in [9.17, 15) is 24.5 Å². The predicted molar refractivity (Wildman–Crippen MR) is 115 cm³/mol. The van der Waals surface area contributed by atoms with Crippen LogP contribution in [0.2, 0.25) is 0 Å². The maximum atomic E-state index is 13.0. The van der Waals surface area contributed by atoms with E-state index in [0.29, 0.717) is 17.0 Å². The van der Waals surface area contributed by atoms with Crippen molar-refractivity contribution in [2.24, 2.45) is 0 Å². The number of nitrogens with zero attached hydrogens (tertiary/aromatic N) is 1. The lowest BCUT2D eigenvalue weighted by atomic mass is 9.80. The number of nitro benzene ring substituents is 1. The molecule has 0 amide bonds. The average molecular weight is 448 g/mol. The quantitative estimate of drug-likeness (QED) is 0.345. The van der Waals surface area contributed by atoms with Crippen molar-refractivity contribution in [3.05, 3.63) is 62.5 Å². The summed E-state index contributed by atoms with van der Waals surface area (Å²) in [5, 5.41) is 14.4. The van der Waals surface area contributed by atoms with E-state index in [1.54, 1.807) is 19.9 Å². The number of non-ortho nitro benzene ring substituents is 1. The third kappa shape index (κ3) is 5.72. The zero-order valence-corrected chi connectivity index (χ0v) is 18.5. The molecule has 9 nitrogen and oxygen atoms in total. The van der Waals surface area contributed by atoms with Gasteiger partial charge in [0.05, 0.1) is 41.5 Å². The van der Waals surface area contributed by atoms with Gasteiger partial charge < -0.3 is 14.8 Å². The molecule has 0 saturated carbocycles. The number of methoxy groups -OCH3 is 1. The topological polar surface area (TPSA) is 125 Å². The number of benzene rings is 1. The van der Waals surface area contributed by atoms with Crippen molar-refractivity contribution in [2.45, 2.75) is 26.7 Å². The lowest BCUT2D eigenvalue weighted by Gasteiger charge is -2.31. The lowest BCUT2D eigenvalue weighted by molar-refractivity contribution is -0.384. The number of ether oxygens (including phenoxy) is 2. The van der Waals surface area contributed by atoms with Gasteiger partial charge >= 0.3 is 11.9 Å². The fraction of sp³-hybridized carbons (Fsp3) is 0.381. The summed E-state index contributed by atoms with van der Waals surface area (Å²) in [7, 11) is 1.22. The van der Waals surface area contributed by atoms with Crippen LogP contribution in [0.4, 0.5) is 5.69 Å². The lowest BCUT2D eigenvalue weighted by Crippen LogP contribution is -2.34. The van der Waals surface area contributed by atoms with Gasteiger partial charge in [-0.25, -0.2) is 9.59 Å². The molecule has 0 spiro atoms. The normalized spacial score (nSPS) is 15.9. The van der Waals surface area contributed by atoms with Crippen LogP contribution < -0.4 is 5.32 Å². The molecule has 166 valence electrons. The average Bonchev–Trinajstić information content (AvgIpc) is 2.72. The number of nitro groups is 1. The van der Waals surface area contributed by atoms with Crippen LogP contribution in [-0.2, 0) is 23.9 Å². The molecule has 0 fully saturated rings. The van der Waals surface area contributed by atoms with Gasteiger partial charge in [0.2, 0.25) is 0 Å². The molecular formula is C21H24N2O7S. The van der Waals surface area contributed by atoms with Crippen molar-refractivity contribution in [3.63, 3.8) is 0 Å². The van der Waals surface area contributed by atoms with Gasteiger partial charge in [-0.05, 0) is 26.3 Å². The molecule has 0 radical (unpaired) electrons. The smallest absolute Gasteiger partial charge is 0.336 e. The summed E-state index contributed by atoms with van der Waals surface area (Å²) in [5.74, 6) is -1.74. The number of hydrogen-bond acceptors (Lipinski definition) is 9. The van der Waals surface area contributed by atoms with Crippen molar-refractivity contribution >= 4 is 35.2 Å². The van der Waals surface area contributed by atoms with Gasteiger partial charge in [-0.15, -0.1) is 11.8 Å². The number of rotatable bonds is 9. The van der Waals surface area contributed by atoms with E-state index in [0.717, 1.165) is 0 Å². The minimum absolute atomic E-state index is 0.0168. The highest BCUT2D eigenvalue weighted by atomic mass is 32.2. The van der Waals surface area contributed by atoms with Gasteiger partial charge in [0.1, 0.15) is 5.78 Å². The molecule has 1 aliphatic heterocycles. The Labute approximate surface area is 184 Å². The molecule has 2 rings (SSSR count). The molecule has 0 bridgehead atoms. The molecule has 1 aromatic carbocycles. The molecule has 10 heteroatoms. The second-order valence-electron chi connectivity index (χ2n) is 6.75. The molecule has 1 unspecified atom stereocenters. The number of esters is 2. The Bertz CT molecular complexity index is 968. The summed E-state index contributed by atoms with van der Waals surface area (Å²) in [6.07, 6.45) is 0. The first-order chi connectivity index (χ1) is 14.7. The zero-order chi connectivity index (χ0) is 23.1. The first kappa shape index (κ1) is 24.1. The van der Waals surface area contributed by atoms with Crippen LogP contribution in [0.15, 0.2) is 46.8 Å². The van der Waals surface area contributed by atoms with Crippen LogP contribution in [0.1, 0.15) is 32.3 Å². The van der Waals surface area contributed by atoms with Gasteiger partial charge in [0, 0.05) is 29.3 Å². The third-order valence-electron chi connectivity index (χ3n) is 4.51.